The highest BCUT2D eigenvalue weighted by atomic mass is 16.6. The minimum absolute atomic E-state index is 0.0620. The summed E-state index contributed by atoms with van der Waals surface area (Å²) in [4.78, 5) is 11.9. The number of aryl methyl sites for hydroxylation is 1. The Morgan fingerprint density at radius 3 is 2.59 bits per heavy atom. The van der Waals surface area contributed by atoms with Crippen molar-refractivity contribution in [3.05, 3.63) is 48.0 Å². The monoisotopic (exact) mass is 299 g/mol. The summed E-state index contributed by atoms with van der Waals surface area (Å²) in [5, 5.41) is 2.78. The fourth-order valence-corrected chi connectivity index (χ4v) is 2.10. The standard InChI is InChI=1S/C17H17NO4/c1-12-2-4-13(5-3-12)18-17(19)11-22-14-6-7-15-16(10-14)21-9-8-20-15/h2-7,10H,8-9,11H2,1H3,(H,18,19). The molecule has 1 aliphatic heterocycles. The van der Waals surface area contributed by atoms with Crippen LogP contribution in [0, 0.1) is 6.92 Å². The predicted molar refractivity (Wildman–Crippen MR) is 82.7 cm³/mol. The van der Waals surface area contributed by atoms with Gasteiger partial charge in [0.25, 0.3) is 5.91 Å². The molecule has 0 bridgehead atoms. The van der Waals surface area contributed by atoms with Gasteiger partial charge in [-0.2, -0.15) is 0 Å². The SMILES string of the molecule is Cc1ccc(NC(=O)COc2ccc3c(c2)OCCO3)cc1. The molecular weight excluding hydrogens is 282 g/mol. The first-order chi connectivity index (χ1) is 10.7. The van der Waals surface area contributed by atoms with Crippen molar-refractivity contribution in [2.75, 3.05) is 25.1 Å². The van der Waals surface area contributed by atoms with Crippen molar-refractivity contribution < 1.29 is 19.0 Å². The lowest BCUT2D eigenvalue weighted by molar-refractivity contribution is -0.118. The zero-order valence-electron chi connectivity index (χ0n) is 12.3. The van der Waals surface area contributed by atoms with Crippen LogP contribution in [0.25, 0.3) is 0 Å². The number of amides is 1. The van der Waals surface area contributed by atoms with Crippen molar-refractivity contribution in [1.29, 1.82) is 0 Å². The third kappa shape index (κ3) is 3.49. The van der Waals surface area contributed by atoms with Crippen molar-refractivity contribution >= 4 is 11.6 Å². The Kier molecular flexibility index (Phi) is 4.14. The van der Waals surface area contributed by atoms with E-state index in [0.29, 0.717) is 30.5 Å². The van der Waals surface area contributed by atoms with Gasteiger partial charge in [0, 0.05) is 11.8 Å². The number of hydrogen-bond donors (Lipinski definition) is 1. The van der Waals surface area contributed by atoms with Crippen LogP contribution in [0.3, 0.4) is 0 Å². The Labute approximate surface area is 128 Å². The first-order valence-corrected chi connectivity index (χ1v) is 7.10. The minimum atomic E-state index is -0.209. The van der Waals surface area contributed by atoms with E-state index in [1.807, 2.05) is 31.2 Å². The van der Waals surface area contributed by atoms with Gasteiger partial charge in [0.15, 0.2) is 18.1 Å². The number of hydrogen-bond acceptors (Lipinski definition) is 4. The van der Waals surface area contributed by atoms with Crippen LogP contribution in [0.2, 0.25) is 0 Å². The maximum Gasteiger partial charge on any atom is 0.262 e. The normalized spacial score (nSPS) is 12.6. The van der Waals surface area contributed by atoms with Crippen LogP contribution in [0.5, 0.6) is 17.2 Å². The Bertz CT molecular complexity index is 667. The lowest BCUT2D eigenvalue weighted by Crippen LogP contribution is -2.20. The van der Waals surface area contributed by atoms with E-state index in [2.05, 4.69) is 5.32 Å². The van der Waals surface area contributed by atoms with Gasteiger partial charge in [0.05, 0.1) is 0 Å². The lowest BCUT2D eigenvalue weighted by atomic mass is 10.2. The second-order valence-corrected chi connectivity index (χ2v) is 5.01. The van der Waals surface area contributed by atoms with Gasteiger partial charge in [-0.25, -0.2) is 0 Å². The third-order valence-corrected chi connectivity index (χ3v) is 3.22. The van der Waals surface area contributed by atoms with Gasteiger partial charge in [-0.3, -0.25) is 4.79 Å². The van der Waals surface area contributed by atoms with E-state index in [9.17, 15) is 4.79 Å². The summed E-state index contributed by atoms with van der Waals surface area (Å²) in [6.07, 6.45) is 0. The fourth-order valence-electron chi connectivity index (χ4n) is 2.10. The molecular formula is C17H17NO4. The average Bonchev–Trinajstić information content (AvgIpc) is 2.55. The molecule has 2 aromatic rings. The molecule has 0 unspecified atom stereocenters. The third-order valence-electron chi connectivity index (χ3n) is 3.22. The van der Waals surface area contributed by atoms with E-state index in [1.54, 1.807) is 18.2 Å². The van der Waals surface area contributed by atoms with Crippen LogP contribution in [0.1, 0.15) is 5.56 Å². The summed E-state index contributed by atoms with van der Waals surface area (Å²) in [6.45, 7) is 3.00. The molecule has 5 nitrogen and oxygen atoms in total. The van der Waals surface area contributed by atoms with Crippen LogP contribution in [0.4, 0.5) is 5.69 Å². The van der Waals surface area contributed by atoms with Crippen molar-refractivity contribution in [2.45, 2.75) is 6.92 Å². The van der Waals surface area contributed by atoms with Gasteiger partial charge in [-0.15, -0.1) is 0 Å². The summed E-state index contributed by atoms with van der Waals surface area (Å²) in [6, 6.07) is 12.9. The molecule has 1 heterocycles. The zero-order valence-corrected chi connectivity index (χ0v) is 12.3. The second-order valence-electron chi connectivity index (χ2n) is 5.01. The van der Waals surface area contributed by atoms with Crippen LogP contribution in [-0.4, -0.2) is 25.7 Å². The smallest absolute Gasteiger partial charge is 0.262 e. The Morgan fingerprint density at radius 2 is 1.82 bits per heavy atom. The molecule has 0 saturated carbocycles. The maximum absolute atomic E-state index is 11.9. The molecule has 2 aromatic carbocycles. The summed E-state index contributed by atoms with van der Waals surface area (Å²) < 4.78 is 16.4. The van der Waals surface area contributed by atoms with Crippen molar-refractivity contribution in [1.82, 2.24) is 0 Å². The molecule has 0 saturated heterocycles. The van der Waals surface area contributed by atoms with Gasteiger partial charge < -0.3 is 19.5 Å². The van der Waals surface area contributed by atoms with E-state index in [-0.39, 0.29) is 12.5 Å². The summed E-state index contributed by atoms with van der Waals surface area (Å²) in [7, 11) is 0. The molecule has 0 fully saturated rings. The number of carbonyl (C=O) groups excluding carboxylic acids is 1. The molecule has 1 amide bonds. The number of carbonyl (C=O) groups is 1. The van der Waals surface area contributed by atoms with Crippen LogP contribution < -0.4 is 19.5 Å². The first-order valence-electron chi connectivity index (χ1n) is 7.10. The summed E-state index contributed by atoms with van der Waals surface area (Å²) >= 11 is 0. The number of nitrogens with one attached hydrogen (secondary N) is 1. The van der Waals surface area contributed by atoms with Gasteiger partial charge in [-0.05, 0) is 31.2 Å². The van der Waals surface area contributed by atoms with E-state index in [4.69, 9.17) is 14.2 Å². The molecule has 0 aromatic heterocycles. The summed E-state index contributed by atoms with van der Waals surface area (Å²) in [5.74, 6) is 1.70. The van der Waals surface area contributed by atoms with Crippen molar-refractivity contribution in [2.24, 2.45) is 0 Å². The molecule has 0 atom stereocenters. The molecule has 3 rings (SSSR count). The number of ether oxygens (including phenoxy) is 3. The topological polar surface area (TPSA) is 56.8 Å². The molecule has 0 radical (unpaired) electrons. The van der Waals surface area contributed by atoms with Crippen LogP contribution >= 0.6 is 0 Å². The molecule has 1 N–H and O–H groups in total. The minimum Gasteiger partial charge on any atom is -0.486 e. The first kappa shape index (κ1) is 14.3. The van der Waals surface area contributed by atoms with E-state index in [0.717, 1.165) is 11.3 Å². The molecule has 0 aliphatic carbocycles. The average molecular weight is 299 g/mol. The molecule has 114 valence electrons. The predicted octanol–water partition coefficient (Wildman–Crippen LogP) is 2.78. The number of anilines is 1. The zero-order chi connectivity index (χ0) is 15.4. The van der Waals surface area contributed by atoms with Gasteiger partial charge in [-0.1, -0.05) is 17.7 Å². The highest BCUT2D eigenvalue weighted by molar-refractivity contribution is 5.91. The number of rotatable bonds is 4. The largest absolute Gasteiger partial charge is 0.486 e. The highest BCUT2D eigenvalue weighted by Crippen LogP contribution is 2.33. The molecule has 1 aliphatic rings. The van der Waals surface area contributed by atoms with Crippen LogP contribution in [-0.2, 0) is 4.79 Å². The Hall–Kier alpha value is -2.69. The van der Waals surface area contributed by atoms with Gasteiger partial charge >= 0.3 is 0 Å². The van der Waals surface area contributed by atoms with Gasteiger partial charge in [0.2, 0.25) is 0 Å². The van der Waals surface area contributed by atoms with Crippen molar-refractivity contribution in [3.8, 4) is 17.2 Å². The number of benzene rings is 2. The molecule has 22 heavy (non-hydrogen) atoms. The Balaban J connectivity index is 1.55. The fraction of sp³-hybridized carbons (Fsp3) is 0.235. The quantitative estimate of drug-likeness (QED) is 0.943. The molecule has 5 heteroatoms. The maximum atomic E-state index is 11.9. The number of fused-ring (bicyclic) bond motifs is 1. The highest BCUT2D eigenvalue weighted by Gasteiger charge is 2.12. The lowest BCUT2D eigenvalue weighted by Gasteiger charge is -2.18. The second kappa shape index (κ2) is 6.39. The van der Waals surface area contributed by atoms with E-state index >= 15 is 0 Å². The van der Waals surface area contributed by atoms with E-state index in [1.165, 1.54) is 0 Å². The van der Waals surface area contributed by atoms with E-state index < -0.39 is 0 Å². The Morgan fingerprint density at radius 1 is 1.09 bits per heavy atom. The van der Waals surface area contributed by atoms with Crippen LogP contribution in [0.15, 0.2) is 42.5 Å². The summed E-state index contributed by atoms with van der Waals surface area (Å²) in [5.41, 5.74) is 1.90. The van der Waals surface area contributed by atoms with Gasteiger partial charge in [0.1, 0.15) is 19.0 Å². The molecule has 0 spiro atoms. The van der Waals surface area contributed by atoms with Crippen molar-refractivity contribution in [3.63, 3.8) is 0 Å².